The molecule has 1 heterocycles. The highest BCUT2D eigenvalue weighted by Gasteiger charge is 2.39. The van der Waals surface area contributed by atoms with E-state index in [0.717, 1.165) is 44.2 Å². The lowest BCUT2D eigenvalue weighted by Crippen LogP contribution is -2.41. The Balaban J connectivity index is 1.28. The van der Waals surface area contributed by atoms with Gasteiger partial charge in [0.15, 0.2) is 5.82 Å². The van der Waals surface area contributed by atoms with Crippen molar-refractivity contribution in [3.63, 3.8) is 0 Å². The van der Waals surface area contributed by atoms with Gasteiger partial charge < -0.3 is 16.4 Å². The summed E-state index contributed by atoms with van der Waals surface area (Å²) in [4.78, 5) is 24.3. The second-order valence-corrected chi connectivity index (χ2v) is 9.88. The van der Waals surface area contributed by atoms with Crippen molar-refractivity contribution in [3.05, 3.63) is 66.4 Å². The Morgan fingerprint density at radius 1 is 1.03 bits per heavy atom. The molecule has 36 heavy (non-hydrogen) atoms. The van der Waals surface area contributed by atoms with Gasteiger partial charge >= 0.3 is 0 Å². The van der Waals surface area contributed by atoms with Gasteiger partial charge in [0.05, 0.1) is 18.0 Å². The number of nitrogens with zero attached hydrogens (tertiary/aromatic N) is 3. The first-order valence-corrected chi connectivity index (χ1v) is 12.5. The van der Waals surface area contributed by atoms with Crippen LogP contribution in [0.15, 0.2) is 60.8 Å². The third-order valence-corrected chi connectivity index (χ3v) is 7.34. The third-order valence-electron chi connectivity index (χ3n) is 7.34. The molecule has 0 atom stereocenters. The summed E-state index contributed by atoms with van der Waals surface area (Å²) in [6.45, 7) is 0. The molecule has 0 radical (unpaired) electrons. The van der Waals surface area contributed by atoms with Crippen LogP contribution >= 0.6 is 0 Å². The van der Waals surface area contributed by atoms with Gasteiger partial charge in [0.1, 0.15) is 5.56 Å². The van der Waals surface area contributed by atoms with Crippen molar-refractivity contribution in [2.45, 2.75) is 56.5 Å². The highest BCUT2D eigenvalue weighted by Crippen LogP contribution is 2.39. The van der Waals surface area contributed by atoms with E-state index >= 15 is 0 Å². The number of nitrogens with two attached hydrogens (primary N) is 1. The first-order chi connectivity index (χ1) is 17.5. The first kappa shape index (κ1) is 23.6. The number of carbonyl (C=O) groups is 2. The van der Waals surface area contributed by atoms with E-state index in [1.807, 2.05) is 18.2 Å². The molecule has 0 saturated heterocycles. The zero-order chi connectivity index (χ0) is 25.1. The number of hydrogen-bond donors (Lipinski definition) is 3. The third kappa shape index (κ3) is 4.96. The predicted octanol–water partition coefficient (Wildman–Crippen LogP) is 4.66. The largest absolute Gasteiger partial charge is 0.382 e. The van der Waals surface area contributed by atoms with Gasteiger partial charge in [0, 0.05) is 23.8 Å². The van der Waals surface area contributed by atoms with Crippen LogP contribution in [-0.4, -0.2) is 27.6 Å². The number of primary amides is 1. The number of anilines is 2. The van der Waals surface area contributed by atoms with Gasteiger partial charge in [-0.25, -0.2) is 0 Å². The van der Waals surface area contributed by atoms with Gasteiger partial charge in [0.25, 0.3) is 5.91 Å². The molecule has 0 aliphatic heterocycles. The van der Waals surface area contributed by atoms with Gasteiger partial charge in [-0.15, -0.1) is 0 Å². The fourth-order valence-electron chi connectivity index (χ4n) is 5.01. The van der Waals surface area contributed by atoms with Gasteiger partial charge in [0.2, 0.25) is 5.91 Å². The van der Waals surface area contributed by atoms with Gasteiger partial charge in [-0.1, -0.05) is 42.5 Å². The van der Waals surface area contributed by atoms with Crippen molar-refractivity contribution in [1.29, 1.82) is 5.26 Å². The van der Waals surface area contributed by atoms with Crippen molar-refractivity contribution in [2.24, 2.45) is 11.7 Å². The Kier molecular flexibility index (Phi) is 6.47. The molecule has 184 valence electrons. The quantitative estimate of drug-likeness (QED) is 0.430. The molecule has 8 nitrogen and oxygen atoms in total. The van der Waals surface area contributed by atoms with E-state index in [1.54, 1.807) is 10.9 Å². The molecule has 2 aromatic carbocycles. The van der Waals surface area contributed by atoms with E-state index in [9.17, 15) is 14.9 Å². The number of hydrogen-bond acceptors (Lipinski definition) is 5. The maximum atomic E-state index is 12.3. The van der Waals surface area contributed by atoms with Crippen LogP contribution in [0.3, 0.4) is 0 Å². The summed E-state index contributed by atoms with van der Waals surface area (Å²) in [6.07, 6.45) is 6.68. The van der Waals surface area contributed by atoms with Crippen LogP contribution in [0.25, 0.3) is 11.1 Å². The molecule has 3 aromatic rings. The van der Waals surface area contributed by atoms with E-state index in [1.165, 1.54) is 11.1 Å². The zero-order valence-electron chi connectivity index (χ0n) is 20.1. The number of rotatable bonds is 8. The molecule has 2 amide bonds. The second-order valence-electron chi connectivity index (χ2n) is 9.88. The number of benzene rings is 2. The highest BCUT2D eigenvalue weighted by atomic mass is 16.2. The molecule has 5 rings (SSSR count). The predicted molar refractivity (Wildman–Crippen MR) is 138 cm³/mol. The fraction of sp³-hybridized carbons (Fsp3) is 0.357. The minimum atomic E-state index is -0.645. The van der Waals surface area contributed by atoms with Crippen molar-refractivity contribution in [2.75, 3.05) is 10.6 Å². The highest BCUT2D eigenvalue weighted by molar-refractivity contribution is 6.02. The summed E-state index contributed by atoms with van der Waals surface area (Å²) in [6, 6.07) is 21.3. The molecule has 2 saturated carbocycles. The Morgan fingerprint density at radius 2 is 1.69 bits per heavy atom. The van der Waals surface area contributed by atoms with Crippen molar-refractivity contribution >= 4 is 23.3 Å². The summed E-state index contributed by atoms with van der Waals surface area (Å²) in [5.41, 5.74) is 8.64. The van der Waals surface area contributed by atoms with Gasteiger partial charge in [-0.3, -0.25) is 14.3 Å². The number of carbonyl (C=O) groups excluding carboxylic acids is 2. The number of nitrogens with one attached hydrogen (secondary N) is 2. The van der Waals surface area contributed by atoms with Crippen LogP contribution in [0, 0.1) is 17.2 Å². The Hall–Kier alpha value is -4.12. The van der Waals surface area contributed by atoms with E-state index in [4.69, 9.17) is 5.73 Å². The summed E-state index contributed by atoms with van der Waals surface area (Å²) in [5, 5.41) is 20.6. The first-order valence-electron chi connectivity index (χ1n) is 12.5. The van der Waals surface area contributed by atoms with E-state index in [-0.39, 0.29) is 35.7 Å². The van der Waals surface area contributed by atoms with Gasteiger partial charge in [-0.2, -0.15) is 10.4 Å². The van der Waals surface area contributed by atoms with Crippen molar-refractivity contribution < 1.29 is 9.59 Å². The molecule has 0 spiro atoms. The second kappa shape index (κ2) is 9.86. The Morgan fingerprint density at radius 3 is 2.31 bits per heavy atom. The maximum absolute atomic E-state index is 12.3. The lowest BCUT2D eigenvalue weighted by molar-refractivity contribution is -0.117. The molecule has 8 heteroatoms. The standard InChI is InChI=1S/C28H30N6O2/c29-17-16-28(34-18-24(25(30)35)26(33-34)32-27(36)21-6-7-21)14-12-23(13-15-28)31-22-10-8-20(9-11-22)19-4-2-1-3-5-19/h1-5,8-11,18,21,23,31H,6-7,12-16H2,(H2,30,35)(H,32,33,36). The fourth-order valence-corrected chi connectivity index (χ4v) is 5.01. The minimum Gasteiger partial charge on any atom is -0.382 e. The van der Waals surface area contributed by atoms with Crippen LogP contribution in [0.2, 0.25) is 0 Å². The van der Waals surface area contributed by atoms with Crippen LogP contribution in [0.5, 0.6) is 0 Å². The molecule has 4 N–H and O–H groups in total. The summed E-state index contributed by atoms with van der Waals surface area (Å²) in [5.74, 6) is -0.611. The SMILES string of the molecule is N#CCC1(n2cc(C(N)=O)c(NC(=O)C3CC3)n2)CCC(Nc2ccc(-c3ccccc3)cc2)CC1. The van der Waals surface area contributed by atoms with E-state index in [2.05, 4.69) is 58.2 Å². The topological polar surface area (TPSA) is 126 Å². The zero-order valence-corrected chi connectivity index (χ0v) is 20.1. The van der Waals surface area contributed by atoms with E-state index in [0.29, 0.717) is 0 Å². The van der Waals surface area contributed by atoms with Crippen molar-refractivity contribution in [1.82, 2.24) is 9.78 Å². The number of amides is 2. The molecule has 1 aromatic heterocycles. The normalized spacial score (nSPS) is 21.4. The Bertz CT molecular complexity index is 1280. The number of nitriles is 1. The average molecular weight is 483 g/mol. The van der Waals surface area contributed by atoms with Crippen LogP contribution in [0.4, 0.5) is 11.5 Å². The lowest BCUT2D eigenvalue weighted by atomic mass is 9.77. The van der Waals surface area contributed by atoms with Gasteiger partial charge in [-0.05, 0) is 61.8 Å². The molecule has 0 bridgehead atoms. The number of aromatic nitrogens is 2. The summed E-state index contributed by atoms with van der Waals surface area (Å²) >= 11 is 0. The lowest BCUT2D eigenvalue weighted by Gasteiger charge is -2.39. The van der Waals surface area contributed by atoms with E-state index < -0.39 is 11.4 Å². The molecule has 0 unspecified atom stereocenters. The molecular weight excluding hydrogens is 452 g/mol. The molecule has 2 aliphatic rings. The molecule has 2 fully saturated rings. The minimum absolute atomic E-state index is 0.0211. The smallest absolute Gasteiger partial charge is 0.254 e. The van der Waals surface area contributed by atoms with Crippen molar-refractivity contribution in [3.8, 4) is 17.2 Å². The van der Waals surface area contributed by atoms with Crippen LogP contribution < -0.4 is 16.4 Å². The van der Waals surface area contributed by atoms with Crippen LogP contribution in [-0.2, 0) is 10.3 Å². The van der Waals surface area contributed by atoms with Crippen LogP contribution in [0.1, 0.15) is 55.3 Å². The maximum Gasteiger partial charge on any atom is 0.254 e. The molecular formula is C28H30N6O2. The molecule has 2 aliphatic carbocycles. The summed E-state index contributed by atoms with van der Waals surface area (Å²) in [7, 11) is 0. The Labute approximate surface area is 210 Å². The average Bonchev–Trinajstić information content (AvgIpc) is 3.66. The summed E-state index contributed by atoms with van der Waals surface area (Å²) < 4.78 is 1.70. The monoisotopic (exact) mass is 482 g/mol.